The van der Waals surface area contributed by atoms with Crippen molar-refractivity contribution in [2.75, 3.05) is 0 Å². The third kappa shape index (κ3) is 1.80. The Bertz CT molecular complexity index is 524. The van der Waals surface area contributed by atoms with E-state index in [0.29, 0.717) is 23.0 Å². The zero-order valence-electron chi connectivity index (χ0n) is 12.6. The van der Waals surface area contributed by atoms with Gasteiger partial charge in [-0.2, -0.15) is 0 Å². The maximum Gasteiger partial charge on any atom is 0.146 e. The number of furan rings is 1. The molecule has 4 aliphatic carbocycles. The van der Waals surface area contributed by atoms with Crippen LogP contribution in [0.1, 0.15) is 58.1 Å². The number of ketones is 1. The first-order chi connectivity index (χ1) is 9.41. The van der Waals surface area contributed by atoms with Crippen molar-refractivity contribution in [3.63, 3.8) is 0 Å². The first-order valence-corrected chi connectivity index (χ1v) is 7.96. The summed E-state index contributed by atoms with van der Waals surface area (Å²) in [7, 11) is 0. The van der Waals surface area contributed by atoms with E-state index in [4.69, 9.17) is 4.42 Å². The lowest BCUT2D eigenvalue weighted by Gasteiger charge is -2.64. The van der Waals surface area contributed by atoms with Crippen molar-refractivity contribution in [3.8, 4) is 0 Å². The zero-order chi connectivity index (χ0) is 14.0. The number of carbonyl (C=O) groups is 1. The molecule has 0 aliphatic heterocycles. The van der Waals surface area contributed by atoms with Crippen molar-refractivity contribution < 1.29 is 9.21 Å². The normalized spacial score (nSPS) is 45.8. The highest BCUT2D eigenvalue weighted by Gasteiger charge is 2.62. The topological polar surface area (TPSA) is 30.2 Å². The fourth-order valence-electron chi connectivity index (χ4n) is 6.52. The van der Waals surface area contributed by atoms with Crippen LogP contribution in [0.5, 0.6) is 0 Å². The lowest BCUT2D eigenvalue weighted by atomic mass is 9.39. The highest BCUT2D eigenvalue weighted by atomic mass is 16.3. The third-order valence-corrected chi connectivity index (χ3v) is 6.13. The van der Waals surface area contributed by atoms with Crippen LogP contribution in [0.15, 0.2) is 22.8 Å². The first-order valence-electron chi connectivity index (χ1n) is 7.96. The lowest BCUT2D eigenvalue weighted by molar-refractivity contribution is -0.167. The van der Waals surface area contributed by atoms with E-state index in [-0.39, 0.29) is 5.41 Å². The van der Waals surface area contributed by atoms with Gasteiger partial charge in [-0.1, -0.05) is 13.8 Å². The second-order valence-electron chi connectivity index (χ2n) is 8.59. The summed E-state index contributed by atoms with van der Waals surface area (Å²) in [5, 5.41) is 0. The summed E-state index contributed by atoms with van der Waals surface area (Å²) >= 11 is 0. The SMILES string of the molecule is CC12CC3CC(C)(C1)CC(C(=O)Cc1ccco1)(C3)C2. The Kier molecular flexibility index (Phi) is 2.39. The van der Waals surface area contributed by atoms with E-state index >= 15 is 0 Å². The van der Waals surface area contributed by atoms with Gasteiger partial charge in [0.2, 0.25) is 0 Å². The van der Waals surface area contributed by atoms with E-state index in [9.17, 15) is 4.79 Å². The van der Waals surface area contributed by atoms with Crippen molar-refractivity contribution in [1.29, 1.82) is 0 Å². The average Bonchev–Trinajstić information content (AvgIpc) is 2.76. The summed E-state index contributed by atoms with van der Waals surface area (Å²) < 4.78 is 5.40. The molecule has 0 spiro atoms. The molecule has 1 heterocycles. The van der Waals surface area contributed by atoms with Crippen molar-refractivity contribution in [3.05, 3.63) is 24.2 Å². The fraction of sp³-hybridized carbons (Fsp3) is 0.722. The molecule has 2 atom stereocenters. The Morgan fingerprint density at radius 2 is 1.90 bits per heavy atom. The van der Waals surface area contributed by atoms with Gasteiger partial charge >= 0.3 is 0 Å². The minimum atomic E-state index is -0.0459. The van der Waals surface area contributed by atoms with Crippen molar-refractivity contribution in [2.45, 2.75) is 58.8 Å². The molecule has 1 aromatic heterocycles. The van der Waals surface area contributed by atoms with Crippen LogP contribution in [0.2, 0.25) is 0 Å². The highest BCUT2D eigenvalue weighted by molar-refractivity contribution is 5.87. The zero-order valence-corrected chi connectivity index (χ0v) is 12.6. The smallest absolute Gasteiger partial charge is 0.146 e. The summed E-state index contributed by atoms with van der Waals surface area (Å²) in [6.07, 6.45) is 9.55. The second-order valence-corrected chi connectivity index (χ2v) is 8.59. The van der Waals surface area contributed by atoms with Gasteiger partial charge in [-0.05, 0) is 67.4 Å². The molecule has 4 bridgehead atoms. The van der Waals surface area contributed by atoms with Crippen LogP contribution in [-0.4, -0.2) is 5.78 Å². The predicted octanol–water partition coefficient (Wildman–Crippen LogP) is 4.39. The summed E-state index contributed by atoms with van der Waals surface area (Å²) in [5.74, 6) is 2.05. The Balaban J connectivity index is 1.65. The molecule has 1 aromatic rings. The number of Topliss-reactive ketones (excluding diaryl/α,β-unsaturated/α-hetero) is 1. The molecule has 4 aliphatic rings. The van der Waals surface area contributed by atoms with E-state index in [1.807, 2.05) is 12.1 Å². The fourth-order valence-corrected chi connectivity index (χ4v) is 6.52. The standard InChI is InChI=1S/C18H24O2/c1-16-7-13-8-17(2,10-16)12-18(9-13,11-16)15(19)6-14-4-3-5-20-14/h3-5,13H,6-12H2,1-2H3. The Morgan fingerprint density at radius 3 is 2.45 bits per heavy atom. The lowest BCUT2D eigenvalue weighted by Crippen LogP contribution is -2.57. The van der Waals surface area contributed by atoms with Gasteiger partial charge < -0.3 is 4.42 Å². The molecule has 0 saturated heterocycles. The van der Waals surface area contributed by atoms with Gasteiger partial charge in [0.25, 0.3) is 0 Å². The monoisotopic (exact) mass is 272 g/mol. The highest BCUT2D eigenvalue weighted by Crippen LogP contribution is 2.69. The molecule has 108 valence electrons. The van der Waals surface area contributed by atoms with Crippen LogP contribution in [0, 0.1) is 22.2 Å². The summed E-state index contributed by atoms with van der Waals surface area (Å²) in [4.78, 5) is 13.0. The van der Waals surface area contributed by atoms with Gasteiger partial charge in [-0.15, -0.1) is 0 Å². The van der Waals surface area contributed by atoms with Crippen molar-refractivity contribution >= 4 is 5.78 Å². The predicted molar refractivity (Wildman–Crippen MR) is 77.3 cm³/mol. The van der Waals surface area contributed by atoms with Gasteiger partial charge in [-0.25, -0.2) is 0 Å². The number of hydrogen-bond donors (Lipinski definition) is 0. The Labute approximate surface area is 120 Å². The molecule has 2 unspecified atom stereocenters. The van der Waals surface area contributed by atoms with Gasteiger partial charge in [0.15, 0.2) is 0 Å². The van der Waals surface area contributed by atoms with Gasteiger partial charge in [0.05, 0.1) is 12.7 Å². The molecule has 0 aromatic carbocycles. The van der Waals surface area contributed by atoms with E-state index in [0.717, 1.165) is 30.9 Å². The number of rotatable bonds is 3. The van der Waals surface area contributed by atoms with E-state index in [2.05, 4.69) is 13.8 Å². The largest absolute Gasteiger partial charge is 0.469 e. The third-order valence-electron chi connectivity index (χ3n) is 6.13. The van der Waals surface area contributed by atoms with Crippen LogP contribution < -0.4 is 0 Å². The molecular weight excluding hydrogens is 248 g/mol. The first kappa shape index (κ1) is 12.7. The van der Waals surface area contributed by atoms with Crippen LogP contribution in [0.25, 0.3) is 0 Å². The minimum Gasteiger partial charge on any atom is -0.469 e. The molecule has 4 saturated carbocycles. The van der Waals surface area contributed by atoms with E-state index < -0.39 is 0 Å². The molecule has 0 radical (unpaired) electrons. The second kappa shape index (κ2) is 3.78. The Hall–Kier alpha value is -1.05. The van der Waals surface area contributed by atoms with Gasteiger partial charge in [0.1, 0.15) is 11.5 Å². The van der Waals surface area contributed by atoms with Crippen LogP contribution >= 0.6 is 0 Å². The van der Waals surface area contributed by atoms with Crippen LogP contribution in [0.3, 0.4) is 0 Å². The molecule has 5 rings (SSSR count). The van der Waals surface area contributed by atoms with E-state index in [1.54, 1.807) is 6.26 Å². The molecule has 0 amide bonds. The molecule has 0 N–H and O–H groups in total. The molecule has 4 fully saturated rings. The Morgan fingerprint density at radius 1 is 1.20 bits per heavy atom. The van der Waals surface area contributed by atoms with Gasteiger partial charge in [0, 0.05) is 5.41 Å². The minimum absolute atomic E-state index is 0.0459. The molecule has 20 heavy (non-hydrogen) atoms. The van der Waals surface area contributed by atoms with Crippen molar-refractivity contribution in [1.82, 2.24) is 0 Å². The van der Waals surface area contributed by atoms with Crippen molar-refractivity contribution in [2.24, 2.45) is 22.2 Å². The summed E-state index contributed by atoms with van der Waals surface area (Å²) in [6.45, 7) is 4.84. The van der Waals surface area contributed by atoms with Gasteiger partial charge in [-0.3, -0.25) is 4.79 Å². The van der Waals surface area contributed by atoms with E-state index in [1.165, 1.54) is 19.3 Å². The number of carbonyl (C=O) groups excluding carboxylic acids is 1. The quantitative estimate of drug-likeness (QED) is 0.817. The van der Waals surface area contributed by atoms with Crippen LogP contribution in [0.4, 0.5) is 0 Å². The molecule has 2 nitrogen and oxygen atoms in total. The molecule has 2 heteroatoms. The molecular formula is C18H24O2. The maximum atomic E-state index is 13.0. The summed E-state index contributed by atoms with van der Waals surface area (Å²) in [5.41, 5.74) is 0.774. The average molecular weight is 272 g/mol. The van der Waals surface area contributed by atoms with Crippen LogP contribution in [-0.2, 0) is 11.2 Å². The number of hydrogen-bond acceptors (Lipinski definition) is 2. The maximum absolute atomic E-state index is 13.0. The summed E-state index contributed by atoms with van der Waals surface area (Å²) in [6, 6.07) is 3.81.